The van der Waals surface area contributed by atoms with Gasteiger partial charge >= 0.3 is 12.1 Å². The zero-order valence-corrected chi connectivity index (χ0v) is 10.3. The van der Waals surface area contributed by atoms with Crippen LogP contribution < -0.4 is 0 Å². The highest BCUT2D eigenvalue weighted by atomic mass is 16.6. The molecule has 0 saturated carbocycles. The number of carbonyl (C=O) groups is 2. The second-order valence-corrected chi connectivity index (χ2v) is 4.24. The van der Waals surface area contributed by atoms with Crippen LogP contribution in [0, 0.1) is 0 Å². The number of carboxylic acid groups (broad SMARTS) is 1. The zero-order valence-electron chi connectivity index (χ0n) is 10.3. The van der Waals surface area contributed by atoms with Gasteiger partial charge in [0.25, 0.3) is 0 Å². The van der Waals surface area contributed by atoms with E-state index in [1.54, 1.807) is 11.0 Å². The number of pyridine rings is 1. The predicted octanol–water partition coefficient (Wildman–Crippen LogP) is 1.50. The molecule has 0 aliphatic carbocycles. The van der Waals surface area contributed by atoms with Gasteiger partial charge in [-0.3, -0.25) is 4.98 Å². The van der Waals surface area contributed by atoms with Gasteiger partial charge in [0.1, 0.15) is 6.61 Å². The average Bonchev–Trinajstić information content (AvgIpc) is 2.35. The molecule has 19 heavy (non-hydrogen) atoms. The molecule has 0 unspecified atom stereocenters. The van der Waals surface area contributed by atoms with Crippen LogP contribution in [0.5, 0.6) is 0 Å². The quantitative estimate of drug-likeness (QED) is 0.832. The van der Waals surface area contributed by atoms with Crippen LogP contribution in [0.3, 0.4) is 0 Å². The van der Waals surface area contributed by atoms with Crippen molar-refractivity contribution in [3.05, 3.63) is 42.2 Å². The predicted molar refractivity (Wildman–Crippen MR) is 67.1 cm³/mol. The van der Waals surface area contributed by atoms with Crippen LogP contribution >= 0.6 is 0 Å². The Balaban J connectivity index is 1.88. The molecule has 1 aliphatic rings. The van der Waals surface area contributed by atoms with Gasteiger partial charge in [-0.05, 0) is 12.1 Å². The molecule has 2 rings (SSSR count). The van der Waals surface area contributed by atoms with E-state index in [4.69, 9.17) is 9.84 Å². The minimum absolute atomic E-state index is 0.138. The zero-order chi connectivity index (χ0) is 13.8. The summed E-state index contributed by atoms with van der Waals surface area (Å²) in [5.41, 5.74) is 0.947. The number of carbonyl (C=O) groups excluding carboxylic acids is 1. The lowest BCUT2D eigenvalue weighted by molar-refractivity contribution is 0.0696. The summed E-state index contributed by atoms with van der Waals surface area (Å²) < 4.78 is 4.90. The first-order valence-electron chi connectivity index (χ1n) is 5.83. The third kappa shape index (κ3) is 2.90. The second-order valence-electron chi connectivity index (χ2n) is 4.24. The Morgan fingerprint density at radius 3 is 2.79 bits per heavy atom. The molecule has 1 amide bonds. The topological polar surface area (TPSA) is 79.7 Å². The van der Waals surface area contributed by atoms with Gasteiger partial charge < -0.3 is 14.7 Å². The van der Waals surface area contributed by atoms with Crippen molar-refractivity contribution in [3.63, 3.8) is 0 Å². The van der Waals surface area contributed by atoms with Crippen molar-refractivity contribution in [3.8, 4) is 0 Å². The molecule has 6 nitrogen and oxygen atoms in total. The molecule has 0 radical (unpaired) electrons. The molecule has 1 fully saturated rings. The van der Waals surface area contributed by atoms with E-state index in [1.165, 1.54) is 18.3 Å². The summed E-state index contributed by atoms with van der Waals surface area (Å²) >= 11 is 0. The van der Waals surface area contributed by atoms with E-state index >= 15 is 0 Å². The van der Waals surface area contributed by atoms with Gasteiger partial charge in [0, 0.05) is 30.9 Å². The number of hydrogen-bond acceptors (Lipinski definition) is 4. The molecule has 0 bridgehead atoms. The van der Waals surface area contributed by atoms with E-state index in [0.29, 0.717) is 13.1 Å². The van der Waals surface area contributed by atoms with Crippen molar-refractivity contribution in [2.45, 2.75) is 5.92 Å². The normalized spacial score (nSPS) is 14.6. The van der Waals surface area contributed by atoms with Crippen molar-refractivity contribution in [1.82, 2.24) is 9.88 Å². The Labute approximate surface area is 110 Å². The molecule has 2 heterocycles. The van der Waals surface area contributed by atoms with Gasteiger partial charge in [0.2, 0.25) is 0 Å². The first kappa shape index (κ1) is 13.1. The van der Waals surface area contributed by atoms with E-state index in [-0.39, 0.29) is 24.2 Å². The van der Waals surface area contributed by atoms with Gasteiger partial charge in [-0.1, -0.05) is 12.7 Å². The first-order valence-corrected chi connectivity index (χ1v) is 5.83. The fourth-order valence-corrected chi connectivity index (χ4v) is 1.81. The van der Waals surface area contributed by atoms with Gasteiger partial charge in [0.05, 0.1) is 5.56 Å². The van der Waals surface area contributed by atoms with Crippen LogP contribution in [0.1, 0.15) is 22.0 Å². The Morgan fingerprint density at radius 2 is 2.26 bits per heavy atom. The maximum atomic E-state index is 11.5. The maximum Gasteiger partial charge on any atom is 0.410 e. The molecule has 1 aromatic rings. The lowest BCUT2D eigenvalue weighted by atomic mass is 9.96. The Kier molecular flexibility index (Phi) is 3.79. The monoisotopic (exact) mass is 262 g/mol. The van der Waals surface area contributed by atoms with E-state index in [9.17, 15) is 9.59 Å². The van der Waals surface area contributed by atoms with Crippen LogP contribution in [0.25, 0.3) is 0 Å². The Hall–Kier alpha value is -2.37. The summed E-state index contributed by atoms with van der Waals surface area (Å²) in [7, 11) is 0. The highest BCUT2D eigenvalue weighted by molar-refractivity contribution is 5.87. The highest BCUT2D eigenvalue weighted by Crippen LogP contribution is 2.26. The van der Waals surface area contributed by atoms with E-state index < -0.39 is 5.97 Å². The number of hydrogen-bond donors (Lipinski definition) is 1. The van der Waals surface area contributed by atoms with Gasteiger partial charge in [0.15, 0.2) is 0 Å². The number of nitrogens with zero attached hydrogens (tertiary/aromatic N) is 2. The van der Waals surface area contributed by atoms with Crippen LogP contribution in [-0.4, -0.2) is 46.7 Å². The summed E-state index contributed by atoms with van der Waals surface area (Å²) in [6.07, 6.45) is 2.48. The third-order valence-electron chi connectivity index (χ3n) is 2.92. The van der Waals surface area contributed by atoms with Crippen molar-refractivity contribution in [2.24, 2.45) is 0 Å². The fraction of sp³-hybridized carbons (Fsp3) is 0.308. The number of likely N-dealkylation sites (tertiary alicyclic amines) is 1. The maximum absolute atomic E-state index is 11.5. The molecular weight excluding hydrogens is 248 g/mol. The largest absolute Gasteiger partial charge is 0.478 e. The smallest absolute Gasteiger partial charge is 0.410 e. The molecule has 0 atom stereocenters. The molecular formula is C13H14N2O4. The van der Waals surface area contributed by atoms with Crippen LogP contribution in [0.15, 0.2) is 31.0 Å². The van der Waals surface area contributed by atoms with Crippen molar-refractivity contribution < 1.29 is 19.4 Å². The van der Waals surface area contributed by atoms with Crippen LogP contribution in [0.4, 0.5) is 4.79 Å². The lowest BCUT2D eigenvalue weighted by Gasteiger charge is -2.37. The van der Waals surface area contributed by atoms with Crippen molar-refractivity contribution in [1.29, 1.82) is 0 Å². The standard InChI is InChI=1S/C13H14N2O4/c1-2-5-19-13(18)15-7-10(8-15)11-4-3-9(6-14-11)12(16)17/h2-4,6,10H,1,5,7-8H2,(H,16,17). The molecule has 0 spiro atoms. The van der Waals surface area contributed by atoms with Gasteiger partial charge in [-0.15, -0.1) is 0 Å². The highest BCUT2D eigenvalue weighted by Gasteiger charge is 2.33. The second kappa shape index (κ2) is 5.51. The summed E-state index contributed by atoms with van der Waals surface area (Å²) in [6, 6.07) is 3.20. The number of ether oxygens (including phenoxy) is 1. The minimum Gasteiger partial charge on any atom is -0.478 e. The lowest BCUT2D eigenvalue weighted by Crippen LogP contribution is -2.48. The fourth-order valence-electron chi connectivity index (χ4n) is 1.81. The summed E-state index contributed by atoms with van der Waals surface area (Å²) in [5.74, 6) is -0.860. The summed E-state index contributed by atoms with van der Waals surface area (Å²) in [4.78, 5) is 27.8. The first-order chi connectivity index (χ1) is 9.11. The van der Waals surface area contributed by atoms with Crippen LogP contribution in [-0.2, 0) is 4.74 Å². The molecule has 1 N–H and O–H groups in total. The van der Waals surface area contributed by atoms with Crippen LogP contribution in [0.2, 0.25) is 0 Å². The molecule has 100 valence electrons. The number of rotatable bonds is 4. The summed E-state index contributed by atoms with van der Waals surface area (Å²) in [5, 5.41) is 8.77. The Morgan fingerprint density at radius 1 is 1.53 bits per heavy atom. The number of aromatic nitrogens is 1. The number of amides is 1. The molecule has 1 saturated heterocycles. The van der Waals surface area contributed by atoms with E-state index in [2.05, 4.69) is 11.6 Å². The number of aromatic carboxylic acids is 1. The molecule has 6 heteroatoms. The molecule has 0 aromatic carbocycles. The third-order valence-corrected chi connectivity index (χ3v) is 2.92. The average molecular weight is 262 g/mol. The Bertz CT molecular complexity index is 492. The molecule has 1 aliphatic heterocycles. The van der Waals surface area contributed by atoms with Crippen molar-refractivity contribution in [2.75, 3.05) is 19.7 Å². The minimum atomic E-state index is -0.998. The molecule has 1 aromatic heterocycles. The number of carboxylic acids is 1. The SMILES string of the molecule is C=CCOC(=O)N1CC(c2ccc(C(=O)O)cn2)C1. The van der Waals surface area contributed by atoms with E-state index in [0.717, 1.165) is 5.69 Å². The van der Waals surface area contributed by atoms with Gasteiger partial charge in [-0.2, -0.15) is 0 Å². The van der Waals surface area contributed by atoms with Crippen molar-refractivity contribution >= 4 is 12.1 Å². The van der Waals surface area contributed by atoms with E-state index in [1.807, 2.05) is 0 Å². The van der Waals surface area contributed by atoms with Gasteiger partial charge in [-0.25, -0.2) is 9.59 Å². The summed E-state index contributed by atoms with van der Waals surface area (Å²) in [6.45, 7) is 4.74.